The lowest BCUT2D eigenvalue weighted by Gasteiger charge is -2.32. The zero-order valence-electron chi connectivity index (χ0n) is 11.7. The van der Waals surface area contributed by atoms with Crippen molar-refractivity contribution in [2.75, 3.05) is 19.6 Å². The number of benzene rings is 1. The minimum absolute atomic E-state index is 0.00362. The maximum Gasteiger partial charge on any atom is 0.251 e. The fourth-order valence-corrected chi connectivity index (χ4v) is 2.71. The molecule has 1 aromatic carbocycles. The van der Waals surface area contributed by atoms with E-state index in [4.69, 9.17) is 11.6 Å². The van der Waals surface area contributed by atoms with Gasteiger partial charge in [-0.2, -0.15) is 0 Å². The molecule has 0 spiro atoms. The van der Waals surface area contributed by atoms with Gasteiger partial charge in [0.15, 0.2) is 0 Å². The van der Waals surface area contributed by atoms with E-state index in [1.54, 1.807) is 6.07 Å². The van der Waals surface area contributed by atoms with Crippen molar-refractivity contribution in [3.05, 3.63) is 28.8 Å². The number of likely N-dealkylation sites (tertiary alicyclic amines) is 1. The third-order valence-electron chi connectivity index (χ3n) is 3.67. The number of phenols is 1. The summed E-state index contributed by atoms with van der Waals surface area (Å²) < 4.78 is 0. The van der Waals surface area contributed by atoms with Crippen LogP contribution in [0.25, 0.3) is 0 Å². The molecule has 0 radical (unpaired) electrons. The molecule has 2 rings (SSSR count). The van der Waals surface area contributed by atoms with Gasteiger partial charge in [-0.05, 0) is 44.0 Å². The molecule has 1 aliphatic rings. The van der Waals surface area contributed by atoms with Crippen LogP contribution < -0.4 is 5.32 Å². The van der Waals surface area contributed by atoms with Crippen molar-refractivity contribution >= 4 is 17.5 Å². The summed E-state index contributed by atoms with van der Waals surface area (Å²) in [5, 5.41) is 12.6. The fraction of sp³-hybridized carbons (Fsp3) is 0.533. The van der Waals surface area contributed by atoms with Gasteiger partial charge >= 0.3 is 0 Å². The van der Waals surface area contributed by atoms with E-state index in [0.29, 0.717) is 5.56 Å². The van der Waals surface area contributed by atoms with Crippen LogP contribution in [0.5, 0.6) is 5.75 Å². The Morgan fingerprint density at radius 3 is 2.75 bits per heavy atom. The minimum atomic E-state index is -0.124. The average molecular weight is 297 g/mol. The average Bonchev–Trinajstić information content (AvgIpc) is 2.44. The van der Waals surface area contributed by atoms with E-state index < -0.39 is 0 Å². The Balaban J connectivity index is 1.87. The number of rotatable bonds is 4. The van der Waals surface area contributed by atoms with Gasteiger partial charge in [0.05, 0.1) is 5.02 Å². The lowest BCUT2D eigenvalue weighted by atomic mass is 10.0. The zero-order chi connectivity index (χ0) is 14.5. The smallest absolute Gasteiger partial charge is 0.251 e. The summed E-state index contributed by atoms with van der Waals surface area (Å²) in [6.45, 7) is 5.39. The van der Waals surface area contributed by atoms with Gasteiger partial charge in [-0.3, -0.25) is 4.79 Å². The standard InChI is InChI=1S/C15H21ClN2O2/c1-2-7-18-8-5-12(6-9-18)17-15(20)11-3-4-14(19)13(16)10-11/h3-4,10,12,19H,2,5-9H2,1H3,(H,17,20). The van der Waals surface area contributed by atoms with Crippen LogP contribution in [0, 0.1) is 0 Å². The molecule has 110 valence electrons. The molecule has 0 atom stereocenters. The van der Waals surface area contributed by atoms with Crippen molar-refractivity contribution in [2.45, 2.75) is 32.2 Å². The summed E-state index contributed by atoms with van der Waals surface area (Å²) in [6, 6.07) is 4.76. The first-order chi connectivity index (χ1) is 9.60. The zero-order valence-corrected chi connectivity index (χ0v) is 12.5. The largest absolute Gasteiger partial charge is 0.506 e. The molecule has 1 fully saturated rings. The minimum Gasteiger partial charge on any atom is -0.506 e. The molecule has 0 aromatic heterocycles. The number of nitrogens with one attached hydrogen (secondary N) is 1. The number of hydrogen-bond acceptors (Lipinski definition) is 3. The molecule has 1 amide bonds. The van der Waals surface area contributed by atoms with Crippen LogP contribution in [0.1, 0.15) is 36.5 Å². The Hall–Kier alpha value is -1.26. The highest BCUT2D eigenvalue weighted by molar-refractivity contribution is 6.32. The Morgan fingerprint density at radius 2 is 2.15 bits per heavy atom. The molecule has 4 nitrogen and oxygen atoms in total. The number of phenolic OH excluding ortho intramolecular Hbond substituents is 1. The fourth-order valence-electron chi connectivity index (χ4n) is 2.53. The van der Waals surface area contributed by atoms with E-state index in [-0.39, 0.29) is 22.7 Å². The van der Waals surface area contributed by atoms with Crippen LogP contribution in [0.3, 0.4) is 0 Å². The summed E-state index contributed by atoms with van der Waals surface area (Å²) in [6.07, 6.45) is 3.14. The normalized spacial score (nSPS) is 17.1. The Morgan fingerprint density at radius 1 is 1.45 bits per heavy atom. The van der Waals surface area contributed by atoms with Crippen LogP contribution in [-0.2, 0) is 0 Å². The second-order valence-electron chi connectivity index (χ2n) is 5.26. The van der Waals surface area contributed by atoms with Crippen molar-refractivity contribution in [1.29, 1.82) is 0 Å². The Bertz CT molecular complexity index is 471. The predicted molar refractivity (Wildman–Crippen MR) is 80.3 cm³/mol. The first-order valence-corrected chi connectivity index (χ1v) is 7.49. The molecule has 5 heteroatoms. The first-order valence-electron chi connectivity index (χ1n) is 7.12. The highest BCUT2D eigenvalue weighted by Crippen LogP contribution is 2.23. The molecule has 0 saturated carbocycles. The lowest BCUT2D eigenvalue weighted by Crippen LogP contribution is -2.44. The number of nitrogens with zero attached hydrogens (tertiary/aromatic N) is 1. The number of amides is 1. The number of halogens is 1. The molecule has 0 bridgehead atoms. The van der Waals surface area contributed by atoms with Crippen molar-refractivity contribution in [3.8, 4) is 5.75 Å². The van der Waals surface area contributed by atoms with Crippen molar-refractivity contribution in [1.82, 2.24) is 10.2 Å². The van der Waals surface area contributed by atoms with Gasteiger partial charge in [0.1, 0.15) is 5.75 Å². The van der Waals surface area contributed by atoms with Gasteiger partial charge in [-0.15, -0.1) is 0 Å². The third-order valence-corrected chi connectivity index (χ3v) is 3.98. The third kappa shape index (κ3) is 3.87. The summed E-state index contributed by atoms with van der Waals surface area (Å²) in [4.78, 5) is 14.5. The predicted octanol–water partition coefficient (Wildman–Crippen LogP) is 2.65. The number of carbonyl (C=O) groups is 1. The Kier molecular flexibility index (Phi) is 5.26. The molecule has 1 aliphatic heterocycles. The molecule has 1 aromatic rings. The Labute approximate surface area is 124 Å². The number of piperidine rings is 1. The molecule has 1 heterocycles. The van der Waals surface area contributed by atoms with Gasteiger partial charge in [0.25, 0.3) is 5.91 Å². The number of hydrogen-bond donors (Lipinski definition) is 2. The monoisotopic (exact) mass is 296 g/mol. The van der Waals surface area contributed by atoms with Crippen molar-refractivity contribution in [2.24, 2.45) is 0 Å². The van der Waals surface area contributed by atoms with E-state index >= 15 is 0 Å². The number of carbonyl (C=O) groups excluding carboxylic acids is 1. The van der Waals surface area contributed by atoms with Gasteiger partial charge in [-0.25, -0.2) is 0 Å². The second-order valence-corrected chi connectivity index (χ2v) is 5.66. The first kappa shape index (κ1) is 15.1. The molecule has 2 N–H and O–H groups in total. The molecular formula is C15H21ClN2O2. The molecule has 1 saturated heterocycles. The van der Waals surface area contributed by atoms with E-state index in [2.05, 4.69) is 17.1 Å². The quantitative estimate of drug-likeness (QED) is 0.898. The van der Waals surface area contributed by atoms with Crippen molar-refractivity contribution < 1.29 is 9.90 Å². The van der Waals surface area contributed by atoms with E-state index in [9.17, 15) is 9.90 Å². The highest BCUT2D eigenvalue weighted by atomic mass is 35.5. The van der Waals surface area contributed by atoms with Crippen molar-refractivity contribution in [3.63, 3.8) is 0 Å². The van der Waals surface area contributed by atoms with Gasteiger partial charge in [0.2, 0.25) is 0 Å². The highest BCUT2D eigenvalue weighted by Gasteiger charge is 2.20. The summed E-state index contributed by atoms with van der Waals surface area (Å²) >= 11 is 5.82. The van der Waals surface area contributed by atoms with Gasteiger partial charge < -0.3 is 15.3 Å². The van der Waals surface area contributed by atoms with Gasteiger partial charge in [-0.1, -0.05) is 18.5 Å². The molecule has 0 aliphatic carbocycles. The summed E-state index contributed by atoms with van der Waals surface area (Å²) in [5.74, 6) is -0.128. The second kappa shape index (κ2) is 6.95. The van der Waals surface area contributed by atoms with E-state index in [1.807, 2.05) is 0 Å². The van der Waals surface area contributed by atoms with Crippen LogP contribution in [0.4, 0.5) is 0 Å². The molecule has 0 unspecified atom stereocenters. The van der Waals surface area contributed by atoms with E-state index in [0.717, 1.165) is 32.5 Å². The van der Waals surface area contributed by atoms with Crippen LogP contribution in [0.15, 0.2) is 18.2 Å². The van der Waals surface area contributed by atoms with Crippen LogP contribution in [0.2, 0.25) is 5.02 Å². The maximum atomic E-state index is 12.1. The lowest BCUT2D eigenvalue weighted by molar-refractivity contribution is 0.0911. The van der Waals surface area contributed by atoms with E-state index in [1.165, 1.54) is 18.6 Å². The SMILES string of the molecule is CCCN1CCC(NC(=O)c2ccc(O)c(Cl)c2)CC1. The number of aromatic hydroxyl groups is 1. The molecular weight excluding hydrogens is 276 g/mol. The van der Waals surface area contributed by atoms with Crippen LogP contribution in [-0.4, -0.2) is 41.6 Å². The summed E-state index contributed by atoms with van der Waals surface area (Å²) in [5.41, 5.74) is 0.490. The van der Waals surface area contributed by atoms with Gasteiger partial charge in [0, 0.05) is 24.7 Å². The summed E-state index contributed by atoms with van der Waals surface area (Å²) in [7, 11) is 0. The maximum absolute atomic E-state index is 12.1. The topological polar surface area (TPSA) is 52.6 Å². The van der Waals surface area contributed by atoms with Crippen LogP contribution >= 0.6 is 11.6 Å². The molecule has 20 heavy (non-hydrogen) atoms.